The van der Waals surface area contributed by atoms with Gasteiger partial charge in [-0.05, 0) is 57.1 Å². The van der Waals surface area contributed by atoms with Gasteiger partial charge in [-0.25, -0.2) is 4.98 Å². The Morgan fingerprint density at radius 3 is 2.59 bits per heavy atom. The first-order valence-corrected chi connectivity index (χ1v) is 11.6. The second-order valence-electron chi connectivity index (χ2n) is 8.93. The zero-order valence-corrected chi connectivity index (χ0v) is 19.8. The van der Waals surface area contributed by atoms with Crippen molar-refractivity contribution in [1.82, 2.24) is 9.88 Å². The molecule has 3 aromatic rings. The van der Waals surface area contributed by atoms with Crippen molar-refractivity contribution in [2.75, 3.05) is 50.6 Å². The summed E-state index contributed by atoms with van der Waals surface area (Å²) in [5.74, 6) is 2.03. The number of anilines is 2. The molecule has 178 valence electrons. The summed E-state index contributed by atoms with van der Waals surface area (Å²) in [6, 6.07) is 11.5. The van der Waals surface area contributed by atoms with Gasteiger partial charge in [0, 0.05) is 49.1 Å². The summed E-state index contributed by atoms with van der Waals surface area (Å²) in [4.78, 5) is 22.1. The minimum absolute atomic E-state index is 0.148. The van der Waals surface area contributed by atoms with Crippen LogP contribution in [-0.4, -0.2) is 62.2 Å². The third kappa shape index (κ3) is 4.59. The molecule has 2 aliphatic heterocycles. The molecular formula is C26H30N4O4. The Bertz CT molecular complexity index is 1170. The van der Waals surface area contributed by atoms with Gasteiger partial charge in [-0.2, -0.15) is 0 Å². The summed E-state index contributed by atoms with van der Waals surface area (Å²) in [6.45, 7) is 5.67. The Morgan fingerprint density at radius 1 is 1.15 bits per heavy atom. The van der Waals surface area contributed by atoms with E-state index in [-0.39, 0.29) is 5.91 Å². The van der Waals surface area contributed by atoms with Crippen molar-refractivity contribution in [2.45, 2.75) is 25.9 Å². The fourth-order valence-electron chi connectivity index (χ4n) is 4.44. The SMILES string of the molecule is COc1cc2c(c(N3CCN(C)CC3)c1)OC(C(=O)Nc1ccc(-c3nc(C)co3)cc1)CC2. The average Bonchev–Trinajstić information content (AvgIpc) is 3.30. The molecule has 5 rings (SSSR count). The lowest BCUT2D eigenvalue weighted by atomic mass is 9.99. The summed E-state index contributed by atoms with van der Waals surface area (Å²) >= 11 is 0. The van der Waals surface area contributed by atoms with Crippen LogP contribution in [0.2, 0.25) is 0 Å². The van der Waals surface area contributed by atoms with Crippen LogP contribution in [0.4, 0.5) is 11.4 Å². The smallest absolute Gasteiger partial charge is 0.265 e. The molecule has 1 saturated heterocycles. The molecule has 1 fully saturated rings. The van der Waals surface area contributed by atoms with Gasteiger partial charge in [-0.3, -0.25) is 4.79 Å². The van der Waals surface area contributed by atoms with E-state index < -0.39 is 6.10 Å². The van der Waals surface area contributed by atoms with E-state index in [0.29, 0.717) is 18.0 Å². The Balaban J connectivity index is 1.31. The first-order chi connectivity index (χ1) is 16.5. The molecular weight excluding hydrogens is 432 g/mol. The van der Waals surface area contributed by atoms with E-state index in [9.17, 15) is 4.79 Å². The average molecular weight is 463 g/mol. The minimum atomic E-state index is -0.554. The quantitative estimate of drug-likeness (QED) is 0.619. The molecule has 0 bridgehead atoms. The standard InChI is InChI=1S/C26H30N4O4/c1-17-16-33-26(27-17)18-4-7-20(8-5-18)28-25(31)23-9-6-19-14-21(32-3)15-22(24(19)34-23)30-12-10-29(2)11-13-30/h4-5,7-8,14-16,23H,6,9-13H2,1-3H3,(H,28,31). The molecule has 1 atom stereocenters. The molecule has 2 aliphatic rings. The highest BCUT2D eigenvalue weighted by atomic mass is 16.5. The number of amides is 1. The molecule has 8 heteroatoms. The van der Waals surface area contributed by atoms with Gasteiger partial charge >= 0.3 is 0 Å². The highest BCUT2D eigenvalue weighted by Gasteiger charge is 2.31. The number of aromatic nitrogens is 1. The van der Waals surface area contributed by atoms with Crippen molar-refractivity contribution in [2.24, 2.45) is 0 Å². The number of carbonyl (C=O) groups is 1. The number of hydrogen-bond donors (Lipinski definition) is 1. The molecule has 1 unspecified atom stereocenters. The van der Waals surface area contributed by atoms with Crippen LogP contribution in [0.3, 0.4) is 0 Å². The van der Waals surface area contributed by atoms with Crippen LogP contribution >= 0.6 is 0 Å². The predicted molar refractivity (Wildman–Crippen MR) is 131 cm³/mol. The predicted octanol–water partition coefficient (Wildman–Crippen LogP) is 3.74. The number of nitrogens with one attached hydrogen (secondary N) is 1. The lowest BCUT2D eigenvalue weighted by Gasteiger charge is -2.37. The normalized spacial score (nSPS) is 18.2. The van der Waals surface area contributed by atoms with Crippen LogP contribution < -0.4 is 19.7 Å². The highest BCUT2D eigenvalue weighted by Crippen LogP contribution is 2.41. The van der Waals surface area contributed by atoms with Crippen LogP contribution in [0.5, 0.6) is 11.5 Å². The van der Waals surface area contributed by atoms with Gasteiger partial charge in [0.15, 0.2) is 6.10 Å². The molecule has 2 aromatic carbocycles. The minimum Gasteiger partial charge on any atom is -0.497 e. The maximum Gasteiger partial charge on any atom is 0.265 e. The first-order valence-electron chi connectivity index (χ1n) is 11.6. The fraction of sp³-hybridized carbons (Fsp3) is 0.385. The Hall–Kier alpha value is -3.52. The van der Waals surface area contributed by atoms with E-state index in [1.807, 2.05) is 43.3 Å². The van der Waals surface area contributed by atoms with Crippen LogP contribution in [0.1, 0.15) is 17.7 Å². The number of hydrogen-bond acceptors (Lipinski definition) is 7. The number of carbonyl (C=O) groups excluding carboxylic acids is 1. The van der Waals surface area contributed by atoms with E-state index >= 15 is 0 Å². The molecule has 8 nitrogen and oxygen atoms in total. The van der Waals surface area contributed by atoms with E-state index in [2.05, 4.69) is 27.1 Å². The lowest BCUT2D eigenvalue weighted by Crippen LogP contribution is -2.45. The van der Waals surface area contributed by atoms with Crippen molar-refractivity contribution in [3.05, 3.63) is 53.9 Å². The van der Waals surface area contributed by atoms with Crippen molar-refractivity contribution in [1.29, 1.82) is 0 Å². The number of nitrogens with zero attached hydrogens (tertiary/aromatic N) is 3. The zero-order chi connectivity index (χ0) is 23.7. The molecule has 34 heavy (non-hydrogen) atoms. The summed E-state index contributed by atoms with van der Waals surface area (Å²) in [5, 5.41) is 2.99. The van der Waals surface area contributed by atoms with Crippen molar-refractivity contribution in [3.63, 3.8) is 0 Å². The third-order valence-electron chi connectivity index (χ3n) is 6.45. The highest BCUT2D eigenvalue weighted by molar-refractivity contribution is 5.95. The Kier molecular flexibility index (Phi) is 6.15. The number of methoxy groups -OCH3 is 1. The molecule has 1 amide bonds. The van der Waals surface area contributed by atoms with E-state index in [0.717, 1.165) is 66.6 Å². The topological polar surface area (TPSA) is 80.1 Å². The fourth-order valence-corrected chi connectivity index (χ4v) is 4.44. The van der Waals surface area contributed by atoms with Crippen molar-refractivity contribution in [3.8, 4) is 23.0 Å². The second kappa shape index (κ2) is 9.38. The number of ether oxygens (including phenoxy) is 2. The molecule has 1 aromatic heterocycles. The molecule has 0 radical (unpaired) electrons. The summed E-state index contributed by atoms with van der Waals surface area (Å²) in [6.07, 6.45) is 2.44. The number of aryl methyl sites for hydroxylation is 2. The molecule has 0 saturated carbocycles. The van der Waals surface area contributed by atoms with Crippen molar-refractivity contribution < 1.29 is 18.7 Å². The summed E-state index contributed by atoms with van der Waals surface area (Å²) in [7, 11) is 3.82. The number of benzene rings is 2. The monoisotopic (exact) mass is 462 g/mol. The third-order valence-corrected chi connectivity index (χ3v) is 6.45. The van der Waals surface area contributed by atoms with Gasteiger partial charge in [-0.1, -0.05) is 0 Å². The van der Waals surface area contributed by atoms with Crippen LogP contribution in [-0.2, 0) is 11.2 Å². The number of piperazine rings is 1. The number of rotatable bonds is 5. The molecule has 3 heterocycles. The summed E-state index contributed by atoms with van der Waals surface area (Å²) in [5.41, 5.74) is 4.49. The van der Waals surface area contributed by atoms with Crippen LogP contribution in [0, 0.1) is 6.92 Å². The van der Waals surface area contributed by atoms with Gasteiger partial charge in [0.1, 0.15) is 17.8 Å². The van der Waals surface area contributed by atoms with Gasteiger partial charge < -0.3 is 29.0 Å². The first kappa shape index (κ1) is 22.3. The van der Waals surface area contributed by atoms with Crippen molar-refractivity contribution >= 4 is 17.3 Å². The zero-order valence-electron chi connectivity index (χ0n) is 19.8. The Morgan fingerprint density at radius 2 is 1.91 bits per heavy atom. The lowest BCUT2D eigenvalue weighted by molar-refractivity contribution is -0.123. The molecule has 0 aliphatic carbocycles. The number of likely N-dealkylation sites (N-methyl/N-ethyl adjacent to an activating group) is 1. The maximum absolute atomic E-state index is 13.1. The molecule has 1 N–H and O–H groups in total. The van der Waals surface area contributed by atoms with Gasteiger partial charge in [-0.15, -0.1) is 0 Å². The Labute approximate surface area is 199 Å². The van der Waals surface area contributed by atoms with Gasteiger partial charge in [0.25, 0.3) is 5.91 Å². The van der Waals surface area contributed by atoms with Crippen LogP contribution in [0.25, 0.3) is 11.5 Å². The van der Waals surface area contributed by atoms with Crippen LogP contribution in [0.15, 0.2) is 47.1 Å². The number of oxazole rings is 1. The number of fused-ring (bicyclic) bond motifs is 1. The van der Waals surface area contributed by atoms with E-state index in [4.69, 9.17) is 13.9 Å². The summed E-state index contributed by atoms with van der Waals surface area (Å²) < 4.78 is 17.3. The van der Waals surface area contributed by atoms with E-state index in [1.54, 1.807) is 13.4 Å². The van der Waals surface area contributed by atoms with Gasteiger partial charge in [0.05, 0.1) is 18.5 Å². The maximum atomic E-state index is 13.1. The largest absolute Gasteiger partial charge is 0.497 e. The van der Waals surface area contributed by atoms with E-state index in [1.165, 1.54) is 0 Å². The molecule has 0 spiro atoms. The second-order valence-corrected chi connectivity index (χ2v) is 8.93. The van der Waals surface area contributed by atoms with Gasteiger partial charge in [0.2, 0.25) is 5.89 Å².